The Morgan fingerprint density at radius 1 is 1.10 bits per heavy atom. The Bertz CT molecular complexity index is 438. The minimum Gasteiger partial charge on any atom is -0.493 e. The summed E-state index contributed by atoms with van der Waals surface area (Å²) in [5.41, 5.74) is 0.491. The third-order valence-electron chi connectivity index (χ3n) is 2.41. The molecule has 20 heavy (non-hydrogen) atoms. The van der Waals surface area contributed by atoms with E-state index in [1.165, 1.54) is 12.1 Å². The fraction of sp³-hybridized carbons (Fsp3) is 0.571. The number of hydrogen-bond acceptors (Lipinski definition) is 2. The molecule has 0 spiro atoms. The van der Waals surface area contributed by atoms with E-state index in [1.807, 2.05) is 20.8 Å². The number of rotatable bonds is 5. The van der Waals surface area contributed by atoms with Gasteiger partial charge in [0.2, 0.25) is 0 Å². The summed E-state index contributed by atoms with van der Waals surface area (Å²) in [5, 5.41) is 3.17. The summed E-state index contributed by atoms with van der Waals surface area (Å²) in [7, 11) is 0. The molecule has 114 valence electrons. The fourth-order valence-corrected chi connectivity index (χ4v) is 1.46. The first kappa shape index (κ1) is 16.8. The Labute approximate surface area is 116 Å². The molecule has 1 N–H and O–H groups in total. The largest absolute Gasteiger partial charge is 0.493 e. The van der Waals surface area contributed by atoms with Crippen molar-refractivity contribution in [2.45, 2.75) is 45.5 Å². The fourth-order valence-electron chi connectivity index (χ4n) is 1.46. The number of ether oxygens (including phenoxy) is 1. The Morgan fingerprint density at radius 3 is 2.30 bits per heavy atom. The van der Waals surface area contributed by atoms with Crippen molar-refractivity contribution in [2.75, 3.05) is 6.61 Å². The second kappa shape index (κ2) is 6.43. The first-order valence-electron chi connectivity index (χ1n) is 6.29. The van der Waals surface area contributed by atoms with Crippen LogP contribution in [-0.4, -0.2) is 18.3 Å². The molecule has 0 heterocycles. The molecule has 2 nitrogen and oxygen atoms in total. The van der Waals surface area contributed by atoms with Crippen molar-refractivity contribution in [3.8, 4) is 5.75 Å². The minimum absolute atomic E-state index is 0.111. The van der Waals surface area contributed by atoms with Gasteiger partial charge in [-0.05, 0) is 38.5 Å². The van der Waals surface area contributed by atoms with Gasteiger partial charge in [0.25, 0.3) is 0 Å². The van der Waals surface area contributed by atoms with Crippen molar-refractivity contribution in [3.63, 3.8) is 0 Å². The van der Waals surface area contributed by atoms with Crippen LogP contribution in [0, 0.1) is 5.82 Å². The topological polar surface area (TPSA) is 21.3 Å². The molecule has 0 bridgehead atoms. The number of alkyl halides is 3. The van der Waals surface area contributed by atoms with Gasteiger partial charge in [-0.25, -0.2) is 4.39 Å². The zero-order chi connectivity index (χ0) is 15.4. The lowest BCUT2D eigenvalue weighted by molar-refractivity contribution is -0.139. The van der Waals surface area contributed by atoms with Gasteiger partial charge in [0, 0.05) is 18.2 Å². The van der Waals surface area contributed by atoms with Gasteiger partial charge in [-0.3, -0.25) is 0 Å². The van der Waals surface area contributed by atoms with Gasteiger partial charge in [0.05, 0.1) is 13.0 Å². The Kier molecular flexibility index (Phi) is 5.39. The van der Waals surface area contributed by atoms with Gasteiger partial charge >= 0.3 is 6.18 Å². The second-order valence-electron chi connectivity index (χ2n) is 5.61. The predicted molar refractivity (Wildman–Crippen MR) is 69.2 cm³/mol. The van der Waals surface area contributed by atoms with Gasteiger partial charge in [-0.1, -0.05) is 0 Å². The maximum atomic E-state index is 13.4. The molecule has 0 aliphatic heterocycles. The van der Waals surface area contributed by atoms with E-state index in [0.717, 1.165) is 6.07 Å². The van der Waals surface area contributed by atoms with E-state index in [1.54, 1.807) is 0 Å². The van der Waals surface area contributed by atoms with E-state index in [-0.39, 0.29) is 11.3 Å². The third kappa shape index (κ3) is 7.33. The Morgan fingerprint density at radius 2 is 1.75 bits per heavy atom. The monoisotopic (exact) mass is 293 g/mol. The second-order valence-corrected chi connectivity index (χ2v) is 5.61. The van der Waals surface area contributed by atoms with Crippen LogP contribution in [-0.2, 0) is 6.54 Å². The zero-order valence-corrected chi connectivity index (χ0v) is 11.8. The van der Waals surface area contributed by atoms with E-state index in [4.69, 9.17) is 4.74 Å². The van der Waals surface area contributed by atoms with Gasteiger partial charge in [-0.15, -0.1) is 0 Å². The van der Waals surface area contributed by atoms with Crippen LogP contribution in [0.5, 0.6) is 5.75 Å². The summed E-state index contributed by atoms with van der Waals surface area (Å²) >= 11 is 0. The van der Waals surface area contributed by atoms with Gasteiger partial charge < -0.3 is 10.1 Å². The van der Waals surface area contributed by atoms with Gasteiger partial charge in [0.15, 0.2) is 0 Å². The molecule has 0 aliphatic carbocycles. The standard InChI is InChI=1S/C14H19F4NO/c1-13(2,3)19-9-10-6-11(15)8-12(7-10)20-5-4-14(16,17)18/h6-8,19H,4-5,9H2,1-3H3. The van der Waals surface area contributed by atoms with E-state index >= 15 is 0 Å². The molecule has 0 unspecified atom stereocenters. The molecule has 0 atom stereocenters. The molecule has 0 radical (unpaired) electrons. The molecule has 0 amide bonds. The van der Waals surface area contributed by atoms with Crippen LogP contribution in [0.1, 0.15) is 32.8 Å². The van der Waals surface area contributed by atoms with E-state index in [9.17, 15) is 17.6 Å². The quantitative estimate of drug-likeness (QED) is 0.827. The lowest BCUT2D eigenvalue weighted by Gasteiger charge is -2.20. The molecule has 6 heteroatoms. The summed E-state index contributed by atoms with van der Waals surface area (Å²) in [4.78, 5) is 0. The third-order valence-corrected chi connectivity index (χ3v) is 2.41. The van der Waals surface area contributed by atoms with Crippen molar-refractivity contribution in [3.05, 3.63) is 29.6 Å². The van der Waals surface area contributed by atoms with Crippen LogP contribution in [0.2, 0.25) is 0 Å². The Balaban J connectivity index is 2.62. The number of nitrogens with one attached hydrogen (secondary N) is 1. The van der Waals surface area contributed by atoms with Crippen molar-refractivity contribution in [1.82, 2.24) is 5.32 Å². The summed E-state index contributed by atoms with van der Waals surface area (Å²) in [6, 6.07) is 3.95. The molecular weight excluding hydrogens is 274 g/mol. The lowest BCUT2D eigenvalue weighted by Crippen LogP contribution is -2.35. The molecular formula is C14H19F4NO. The number of hydrogen-bond donors (Lipinski definition) is 1. The molecule has 1 rings (SSSR count). The van der Waals surface area contributed by atoms with Crippen LogP contribution in [0.3, 0.4) is 0 Å². The van der Waals surface area contributed by atoms with Crippen molar-refractivity contribution in [2.24, 2.45) is 0 Å². The lowest BCUT2D eigenvalue weighted by atomic mass is 10.1. The van der Waals surface area contributed by atoms with Crippen molar-refractivity contribution < 1.29 is 22.3 Å². The maximum Gasteiger partial charge on any atom is 0.392 e. The van der Waals surface area contributed by atoms with Crippen LogP contribution in [0.15, 0.2) is 18.2 Å². The van der Waals surface area contributed by atoms with Gasteiger partial charge in [-0.2, -0.15) is 13.2 Å². The molecule has 0 saturated carbocycles. The molecule has 0 saturated heterocycles. The minimum atomic E-state index is -4.27. The van der Waals surface area contributed by atoms with Crippen LogP contribution in [0.25, 0.3) is 0 Å². The molecule has 1 aromatic carbocycles. The van der Waals surface area contributed by atoms with E-state index in [2.05, 4.69) is 5.32 Å². The van der Waals surface area contributed by atoms with Crippen LogP contribution < -0.4 is 10.1 Å². The molecule has 0 aliphatic rings. The normalized spacial score (nSPS) is 12.6. The van der Waals surface area contributed by atoms with Crippen molar-refractivity contribution in [1.29, 1.82) is 0 Å². The molecule has 0 fully saturated rings. The summed E-state index contributed by atoms with van der Waals surface area (Å²) < 4.78 is 54.3. The average Bonchev–Trinajstić information content (AvgIpc) is 2.23. The first-order valence-corrected chi connectivity index (χ1v) is 6.29. The highest BCUT2D eigenvalue weighted by Gasteiger charge is 2.26. The van der Waals surface area contributed by atoms with Crippen LogP contribution in [0.4, 0.5) is 17.6 Å². The summed E-state index contributed by atoms with van der Waals surface area (Å²) in [6.45, 7) is 5.79. The molecule has 1 aromatic rings. The highest BCUT2D eigenvalue weighted by atomic mass is 19.4. The highest BCUT2D eigenvalue weighted by molar-refractivity contribution is 5.29. The van der Waals surface area contributed by atoms with Gasteiger partial charge in [0.1, 0.15) is 11.6 Å². The first-order chi connectivity index (χ1) is 9.05. The maximum absolute atomic E-state index is 13.4. The number of benzene rings is 1. The highest BCUT2D eigenvalue weighted by Crippen LogP contribution is 2.22. The predicted octanol–water partition coefficient (Wildman–Crippen LogP) is 4.05. The van der Waals surface area contributed by atoms with Crippen molar-refractivity contribution >= 4 is 0 Å². The molecule has 0 aromatic heterocycles. The summed E-state index contributed by atoms with van der Waals surface area (Å²) in [6.07, 6.45) is -5.33. The summed E-state index contributed by atoms with van der Waals surface area (Å²) in [5.74, 6) is -0.417. The Hall–Kier alpha value is -1.30. The smallest absolute Gasteiger partial charge is 0.392 e. The van der Waals surface area contributed by atoms with E-state index < -0.39 is 25.0 Å². The SMILES string of the molecule is CC(C)(C)NCc1cc(F)cc(OCCC(F)(F)F)c1. The van der Waals surface area contributed by atoms with E-state index in [0.29, 0.717) is 12.1 Å². The van der Waals surface area contributed by atoms with Crippen LogP contribution >= 0.6 is 0 Å². The number of halogens is 4. The average molecular weight is 293 g/mol. The zero-order valence-electron chi connectivity index (χ0n) is 11.8.